The van der Waals surface area contributed by atoms with E-state index in [4.69, 9.17) is 10.8 Å². The first-order chi connectivity index (χ1) is 7.08. The molecule has 1 heterocycles. The van der Waals surface area contributed by atoms with Gasteiger partial charge >= 0.3 is 5.97 Å². The van der Waals surface area contributed by atoms with Gasteiger partial charge < -0.3 is 10.8 Å². The van der Waals surface area contributed by atoms with Crippen molar-refractivity contribution in [1.29, 1.82) is 0 Å². The topological polar surface area (TPSA) is 76.2 Å². The number of pyridine rings is 1. The molecule has 1 aromatic heterocycles. The Hall–Kier alpha value is -2.10. The summed E-state index contributed by atoms with van der Waals surface area (Å²) in [5.41, 5.74) is 6.76. The molecule has 0 aliphatic carbocycles. The molecule has 0 radical (unpaired) electrons. The number of nitrogens with zero attached hydrogens (tertiary/aromatic N) is 1. The van der Waals surface area contributed by atoms with Gasteiger partial charge in [0.05, 0.1) is 5.56 Å². The quantitative estimate of drug-likeness (QED) is 0.739. The van der Waals surface area contributed by atoms with Crippen LogP contribution >= 0.6 is 0 Å². The molecular weight excluding hydrogens is 192 g/mol. The number of aromatic carboxylic acids is 1. The number of benzene rings is 1. The van der Waals surface area contributed by atoms with Gasteiger partial charge in [0.2, 0.25) is 0 Å². The Morgan fingerprint density at radius 2 is 2.13 bits per heavy atom. The minimum atomic E-state index is -0.940. The van der Waals surface area contributed by atoms with Crippen molar-refractivity contribution in [2.45, 2.75) is 6.92 Å². The molecule has 76 valence electrons. The van der Waals surface area contributed by atoms with E-state index in [2.05, 4.69) is 4.98 Å². The van der Waals surface area contributed by atoms with Crippen molar-refractivity contribution in [1.82, 2.24) is 4.98 Å². The number of anilines is 1. The molecule has 3 N–H and O–H groups in total. The van der Waals surface area contributed by atoms with Gasteiger partial charge in [0.15, 0.2) is 0 Å². The molecule has 0 aliphatic heterocycles. The lowest BCUT2D eigenvalue weighted by Gasteiger charge is -2.04. The van der Waals surface area contributed by atoms with Crippen LogP contribution in [-0.4, -0.2) is 16.1 Å². The van der Waals surface area contributed by atoms with Crippen LogP contribution in [0, 0.1) is 6.92 Å². The summed E-state index contributed by atoms with van der Waals surface area (Å²) in [5.74, 6) is -0.508. The zero-order valence-corrected chi connectivity index (χ0v) is 8.19. The summed E-state index contributed by atoms with van der Waals surface area (Å²) in [5, 5.41) is 10.4. The highest BCUT2D eigenvalue weighted by Crippen LogP contribution is 2.21. The summed E-state index contributed by atoms with van der Waals surface area (Å²) in [6.45, 7) is 1.82. The number of nitrogens with two attached hydrogens (primary N) is 1. The van der Waals surface area contributed by atoms with Gasteiger partial charge in [-0.3, -0.25) is 0 Å². The molecule has 0 fully saturated rings. The van der Waals surface area contributed by atoms with Crippen LogP contribution in [0.4, 0.5) is 5.82 Å². The number of rotatable bonds is 1. The number of aryl methyl sites for hydroxylation is 1. The molecule has 4 heteroatoms. The number of nitrogen functional groups attached to an aromatic ring is 1. The van der Waals surface area contributed by atoms with Gasteiger partial charge in [0.1, 0.15) is 5.82 Å². The average molecular weight is 202 g/mol. The van der Waals surface area contributed by atoms with Crippen molar-refractivity contribution >= 4 is 22.6 Å². The zero-order valence-electron chi connectivity index (χ0n) is 8.19. The first-order valence-corrected chi connectivity index (χ1v) is 4.48. The number of hydrogen-bond donors (Lipinski definition) is 2. The molecule has 0 spiro atoms. The number of carboxylic acid groups (broad SMARTS) is 1. The summed E-state index contributed by atoms with van der Waals surface area (Å²) >= 11 is 0. The number of aromatic nitrogens is 1. The maximum Gasteiger partial charge on any atom is 0.335 e. The first kappa shape index (κ1) is 9.45. The maximum absolute atomic E-state index is 10.8. The minimum absolute atomic E-state index is 0.257. The maximum atomic E-state index is 10.8. The molecule has 0 amide bonds. The molecule has 4 nitrogen and oxygen atoms in total. The number of carboxylic acids is 1. The Morgan fingerprint density at radius 3 is 2.80 bits per heavy atom. The summed E-state index contributed by atoms with van der Waals surface area (Å²) in [4.78, 5) is 14.9. The van der Waals surface area contributed by atoms with Crippen molar-refractivity contribution in [3.63, 3.8) is 0 Å². The van der Waals surface area contributed by atoms with Crippen LogP contribution in [-0.2, 0) is 0 Å². The molecule has 0 unspecified atom stereocenters. The van der Waals surface area contributed by atoms with Crippen molar-refractivity contribution in [2.24, 2.45) is 0 Å². The van der Waals surface area contributed by atoms with Crippen LogP contribution in [0.1, 0.15) is 16.1 Å². The number of carbonyl (C=O) groups is 1. The van der Waals surface area contributed by atoms with Crippen LogP contribution in [0.25, 0.3) is 10.8 Å². The second-order valence-corrected chi connectivity index (χ2v) is 3.39. The second kappa shape index (κ2) is 3.24. The predicted octanol–water partition coefficient (Wildman–Crippen LogP) is 1.82. The van der Waals surface area contributed by atoms with Crippen molar-refractivity contribution in [3.8, 4) is 0 Å². The third kappa shape index (κ3) is 1.61. The molecule has 0 saturated carbocycles. The standard InChI is InChI=1S/C11H10N2O2/c1-6-4-8-5-7(11(14)15)2-3-9(8)10(12)13-6/h2-5H,1H3,(H2,12,13)(H,14,15). The molecule has 2 aromatic rings. The van der Waals surface area contributed by atoms with E-state index >= 15 is 0 Å². The van der Waals surface area contributed by atoms with Crippen molar-refractivity contribution < 1.29 is 9.90 Å². The second-order valence-electron chi connectivity index (χ2n) is 3.39. The SMILES string of the molecule is Cc1cc2cc(C(=O)O)ccc2c(N)n1. The molecule has 0 bridgehead atoms. The lowest BCUT2D eigenvalue weighted by atomic mass is 10.1. The third-order valence-electron chi connectivity index (χ3n) is 2.24. The Morgan fingerprint density at radius 1 is 1.40 bits per heavy atom. The first-order valence-electron chi connectivity index (χ1n) is 4.48. The van der Waals surface area contributed by atoms with Gasteiger partial charge in [0, 0.05) is 11.1 Å². The molecule has 0 saturated heterocycles. The molecule has 0 aliphatic rings. The van der Waals surface area contributed by atoms with E-state index in [9.17, 15) is 4.79 Å². The molecular formula is C11H10N2O2. The smallest absolute Gasteiger partial charge is 0.335 e. The van der Waals surface area contributed by atoms with E-state index in [0.717, 1.165) is 16.5 Å². The van der Waals surface area contributed by atoms with E-state index in [1.54, 1.807) is 12.1 Å². The van der Waals surface area contributed by atoms with Crippen LogP contribution in [0.5, 0.6) is 0 Å². The van der Waals surface area contributed by atoms with E-state index in [0.29, 0.717) is 5.82 Å². The van der Waals surface area contributed by atoms with E-state index < -0.39 is 5.97 Å². The highest BCUT2D eigenvalue weighted by molar-refractivity contribution is 5.97. The molecule has 0 atom stereocenters. The minimum Gasteiger partial charge on any atom is -0.478 e. The summed E-state index contributed by atoms with van der Waals surface area (Å²) < 4.78 is 0. The lowest BCUT2D eigenvalue weighted by molar-refractivity contribution is 0.0697. The van der Waals surface area contributed by atoms with Gasteiger partial charge in [-0.25, -0.2) is 9.78 Å². The summed E-state index contributed by atoms with van der Waals surface area (Å²) in [7, 11) is 0. The van der Waals surface area contributed by atoms with Gasteiger partial charge in [0.25, 0.3) is 0 Å². The fourth-order valence-corrected chi connectivity index (χ4v) is 1.56. The van der Waals surface area contributed by atoms with Gasteiger partial charge in [-0.05, 0) is 36.6 Å². The Kier molecular flexibility index (Phi) is 2.04. The summed E-state index contributed by atoms with van der Waals surface area (Å²) in [6.07, 6.45) is 0. The fourth-order valence-electron chi connectivity index (χ4n) is 1.56. The largest absolute Gasteiger partial charge is 0.478 e. The van der Waals surface area contributed by atoms with Crippen LogP contribution < -0.4 is 5.73 Å². The van der Waals surface area contributed by atoms with Gasteiger partial charge in [-0.1, -0.05) is 0 Å². The Labute approximate surface area is 86.4 Å². The lowest BCUT2D eigenvalue weighted by Crippen LogP contribution is -1.98. The Balaban J connectivity index is 2.76. The zero-order chi connectivity index (χ0) is 11.0. The van der Waals surface area contributed by atoms with Gasteiger partial charge in [-0.15, -0.1) is 0 Å². The van der Waals surface area contributed by atoms with Crippen molar-refractivity contribution in [3.05, 3.63) is 35.5 Å². The van der Waals surface area contributed by atoms with Crippen molar-refractivity contribution in [2.75, 3.05) is 5.73 Å². The molecule has 2 rings (SSSR count). The van der Waals surface area contributed by atoms with Gasteiger partial charge in [-0.2, -0.15) is 0 Å². The highest BCUT2D eigenvalue weighted by atomic mass is 16.4. The molecule has 1 aromatic carbocycles. The average Bonchev–Trinajstić information content (AvgIpc) is 2.16. The summed E-state index contributed by atoms with van der Waals surface area (Å²) in [6, 6.07) is 6.62. The van der Waals surface area contributed by atoms with Crippen LogP contribution in [0.15, 0.2) is 24.3 Å². The van der Waals surface area contributed by atoms with Crippen LogP contribution in [0.3, 0.4) is 0 Å². The number of hydrogen-bond acceptors (Lipinski definition) is 3. The van der Waals surface area contributed by atoms with E-state index in [1.165, 1.54) is 6.07 Å². The Bertz CT molecular complexity index is 550. The number of fused-ring (bicyclic) bond motifs is 1. The highest BCUT2D eigenvalue weighted by Gasteiger charge is 2.06. The monoisotopic (exact) mass is 202 g/mol. The van der Waals surface area contributed by atoms with E-state index in [-0.39, 0.29) is 5.56 Å². The normalized spacial score (nSPS) is 10.5. The molecule has 15 heavy (non-hydrogen) atoms. The van der Waals surface area contributed by atoms with E-state index in [1.807, 2.05) is 13.0 Å². The predicted molar refractivity (Wildman–Crippen MR) is 57.9 cm³/mol. The fraction of sp³-hybridized carbons (Fsp3) is 0.0909. The third-order valence-corrected chi connectivity index (χ3v) is 2.24. The van der Waals surface area contributed by atoms with Crippen LogP contribution in [0.2, 0.25) is 0 Å².